The number of amides is 1. The van der Waals surface area contributed by atoms with Crippen molar-refractivity contribution >= 4 is 23.6 Å². The van der Waals surface area contributed by atoms with E-state index in [9.17, 15) is 14.7 Å². The summed E-state index contributed by atoms with van der Waals surface area (Å²) in [7, 11) is 0. The molecule has 19 heavy (non-hydrogen) atoms. The maximum absolute atomic E-state index is 11.4. The predicted molar refractivity (Wildman–Crippen MR) is 74.1 cm³/mol. The lowest BCUT2D eigenvalue weighted by Crippen LogP contribution is -2.46. The fraction of sp³-hybridized carbons (Fsp3) is 0.385. The number of carbonyl (C=O) groups excluding carboxylic acids is 1. The van der Waals surface area contributed by atoms with Gasteiger partial charge in [-0.05, 0) is 11.6 Å². The number of primary amides is 1. The van der Waals surface area contributed by atoms with Crippen molar-refractivity contribution in [3.63, 3.8) is 0 Å². The first-order valence-corrected chi connectivity index (χ1v) is 7.17. The van der Waals surface area contributed by atoms with Crippen LogP contribution in [0.3, 0.4) is 0 Å². The molecule has 1 aromatic carbocycles. The van der Waals surface area contributed by atoms with Gasteiger partial charge in [-0.25, -0.2) is 0 Å². The van der Waals surface area contributed by atoms with Gasteiger partial charge in [0.25, 0.3) is 0 Å². The topological polar surface area (TPSA) is 83.6 Å². The Morgan fingerprint density at radius 2 is 2.16 bits per heavy atom. The van der Waals surface area contributed by atoms with Crippen LogP contribution in [0.5, 0.6) is 0 Å². The summed E-state index contributed by atoms with van der Waals surface area (Å²) in [4.78, 5) is 24.5. The molecule has 1 aliphatic heterocycles. The fourth-order valence-electron chi connectivity index (χ4n) is 2.17. The van der Waals surface area contributed by atoms with E-state index in [4.69, 9.17) is 5.73 Å². The highest BCUT2D eigenvalue weighted by Crippen LogP contribution is 2.20. The van der Waals surface area contributed by atoms with Gasteiger partial charge < -0.3 is 10.8 Å². The Kier molecular flexibility index (Phi) is 4.44. The zero-order valence-electron chi connectivity index (χ0n) is 10.4. The number of nitrogens with zero attached hydrogens (tertiary/aromatic N) is 1. The SMILES string of the molecule is NC(=O)c1ccccc1CN1CCSCC1C(=O)O. The second kappa shape index (κ2) is 6.08. The molecule has 0 bridgehead atoms. The third-order valence-corrected chi connectivity index (χ3v) is 4.20. The molecule has 1 fully saturated rings. The lowest BCUT2D eigenvalue weighted by Gasteiger charge is -2.32. The first-order chi connectivity index (χ1) is 9.09. The van der Waals surface area contributed by atoms with E-state index in [0.717, 1.165) is 11.3 Å². The molecule has 0 aromatic heterocycles. The predicted octanol–water partition coefficient (Wildman–Crippen LogP) is 0.787. The van der Waals surface area contributed by atoms with Gasteiger partial charge in [-0.3, -0.25) is 14.5 Å². The van der Waals surface area contributed by atoms with Crippen molar-refractivity contribution in [3.8, 4) is 0 Å². The number of thioether (sulfide) groups is 1. The molecular formula is C13H16N2O3S. The smallest absolute Gasteiger partial charge is 0.321 e. The zero-order valence-corrected chi connectivity index (χ0v) is 11.2. The van der Waals surface area contributed by atoms with E-state index < -0.39 is 17.9 Å². The molecular weight excluding hydrogens is 264 g/mol. The molecule has 102 valence electrons. The minimum atomic E-state index is -0.816. The van der Waals surface area contributed by atoms with Crippen LogP contribution < -0.4 is 5.73 Å². The minimum Gasteiger partial charge on any atom is -0.480 e. The highest BCUT2D eigenvalue weighted by molar-refractivity contribution is 7.99. The average Bonchev–Trinajstić information content (AvgIpc) is 2.39. The van der Waals surface area contributed by atoms with Crippen LogP contribution in [0, 0.1) is 0 Å². The van der Waals surface area contributed by atoms with Crippen LogP contribution in [0.25, 0.3) is 0 Å². The summed E-state index contributed by atoms with van der Waals surface area (Å²) < 4.78 is 0. The quantitative estimate of drug-likeness (QED) is 0.852. The molecule has 5 nitrogen and oxygen atoms in total. The Hall–Kier alpha value is -1.53. The molecule has 1 aromatic rings. The van der Waals surface area contributed by atoms with Gasteiger partial charge in [-0.2, -0.15) is 11.8 Å². The van der Waals surface area contributed by atoms with Gasteiger partial charge in [0, 0.05) is 30.2 Å². The van der Waals surface area contributed by atoms with Crippen LogP contribution in [0.1, 0.15) is 15.9 Å². The molecule has 2 rings (SSSR count). The van der Waals surface area contributed by atoms with Gasteiger partial charge in [-0.15, -0.1) is 0 Å². The molecule has 0 saturated carbocycles. The number of hydrogen-bond acceptors (Lipinski definition) is 4. The zero-order chi connectivity index (χ0) is 13.8. The summed E-state index contributed by atoms with van der Waals surface area (Å²) in [6.45, 7) is 1.14. The summed E-state index contributed by atoms with van der Waals surface area (Å²) in [6, 6.07) is 6.58. The molecule has 1 atom stereocenters. The Morgan fingerprint density at radius 3 is 2.84 bits per heavy atom. The number of benzene rings is 1. The number of aliphatic carboxylic acids is 1. The van der Waals surface area contributed by atoms with E-state index in [2.05, 4.69) is 0 Å². The lowest BCUT2D eigenvalue weighted by atomic mass is 10.1. The van der Waals surface area contributed by atoms with Crippen LogP contribution in [0.15, 0.2) is 24.3 Å². The summed E-state index contributed by atoms with van der Waals surface area (Å²) >= 11 is 1.64. The second-order valence-corrected chi connectivity index (χ2v) is 5.57. The van der Waals surface area contributed by atoms with Crippen molar-refractivity contribution in [2.75, 3.05) is 18.1 Å². The van der Waals surface area contributed by atoms with E-state index >= 15 is 0 Å². The van der Waals surface area contributed by atoms with Crippen molar-refractivity contribution in [3.05, 3.63) is 35.4 Å². The molecule has 0 spiro atoms. The van der Waals surface area contributed by atoms with E-state index in [-0.39, 0.29) is 0 Å². The standard InChI is InChI=1S/C13H16N2O3S/c14-12(16)10-4-2-1-3-9(10)7-15-5-6-19-8-11(15)13(17)18/h1-4,11H,5-8H2,(H2,14,16)(H,17,18). The third kappa shape index (κ3) is 3.27. The van der Waals surface area contributed by atoms with Crippen LogP contribution in [-0.2, 0) is 11.3 Å². The fourth-order valence-corrected chi connectivity index (χ4v) is 3.28. The van der Waals surface area contributed by atoms with Crippen molar-refractivity contribution in [2.24, 2.45) is 5.73 Å². The number of nitrogens with two attached hydrogens (primary N) is 1. The summed E-state index contributed by atoms with van der Waals surface area (Å²) in [5, 5.41) is 9.22. The maximum atomic E-state index is 11.4. The van der Waals surface area contributed by atoms with E-state index in [0.29, 0.717) is 24.4 Å². The normalized spacial score (nSPS) is 20.1. The van der Waals surface area contributed by atoms with Gasteiger partial charge in [0.2, 0.25) is 5.91 Å². The van der Waals surface area contributed by atoms with Crippen LogP contribution in [0.4, 0.5) is 0 Å². The molecule has 0 radical (unpaired) electrons. The monoisotopic (exact) mass is 280 g/mol. The second-order valence-electron chi connectivity index (χ2n) is 4.42. The van der Waals surface area contributed by atoms with Gasteiger partial charge in [0.05, 0.1) is 0 Å². The van der Waals surface area contributed by atoms with Gasteiger partial charge in [0.15, 0.2) is 0 Å². The lowest BCUT2D eigenvalue weighted by molar-refractivity contribution is -0.142. The van der Waals surface area contributed by atoms with Crippen molar-refractivity contribution in [1.29, 1.82) is 0 Å². The van der Waals surface area contributed by atoms with E-state index in [1.807, 2.05) is 17.0 Å². The molecule has 0 aliphatic carbocycles. The summed E-state index contributed by atoms with van der Waals surface area (Å²) in [5.74, 6) is 0.189. The Labute approximate surface area is 115 Å². The molecule has 3 N–H and O–H groups in total. The van der Waals surface area contributed by atoms with Crippen LogP contribution in [-0.4, -0.2) is 46.0 Å². The Morgan fingerprint density at radius 1 is 1.42 bits per heavy atom. The third-order valence-electron chi connectivity index (χ3n) is 3.18. The molecule has 1 heterocycles. The maximum Gasteiger partial charge on any atom is 0.321 e. The molecule has 1 unspecified atom stereocenters. The van der Waals surface area contributed by atoms with Gasteiger partial charge in [-0.1, -0.05) is 18.2 Å². The van der Waals surface area contributed by atoms with Crippen molar-refractivity contribution in [2.45, 2.75) is 12.6 Å². The average molecular weight is 280 g/mol. The highest BCUT2D eigenvalue weighted by Gasteiger charge is 2.29. The van der Waals surface area contributed by atoms with Crippen LogP contribution in [0.2, 0.25) is 0 Å². The first kappa shape index (κ1) is 13.9. The number of carbonyl (C=O) groups is 2. The molecule has 1 aliphatic rings. The Balaban J connectivity index is 2.19. The summed E-state index contributed by atoms with van der Waals surface area (Å²) in [6.07, 6.45) is 0. The molecule has 6 heteroatoms. The highest BCUT2D eigenvalue weighted by atomic mass is 32.2. The number of hydrogen-bond donors (Lipinski definition) is 2. The van der Waals surface area contributed by atoms with E-state index in [1.54, 1.807) is 23.9 Å². The largest absolute Gasteiger partial charge is 0.480 e. The number of rotatable bonds is 4. The Bertz CT molecular complexity index is 493. The van der Waals surface area contributed by atoms with Crippen molar-refractivity contribution in [1.82, 2.24) is 4.90 Å². The van der Waals surface area contributed by atoms with Crippen molar-refractivity contribution < 1.29 is 14.7 Å². The number of carboxylic acids is 1. The van der Waals surface area contributed by atoms with Gasteiger partial charge in [0.1, 0.15) is 6.04 Å². The van der Waals surface area contributed by atoms with E-state index in [1.165, 1.54) is 0 Å². The number of carboxylic acid groups (broad SMARTS) is 1. The van der Waals surface area contributed by atoms with Gasteiger partial charge >= 0.3 is 5.97 Å². The first-order valence-electron chi connectivity index (χ1n) is 6.02. The molecule has 1 saturated heterocycles. The molecule has 1 amide bonds. The minimum absolute atomic E-state index is 0.441. The summed E-state index contributed by atoms with van der Waals surface area (Å²) in [5.41, 5.74) is 6.58. The van der Waals surface area contributed by atoms with Crippen LogP contribution >= 0.6 is 11.8 Å².